The molecule has 2 aromatic rings. The molecule has 0 amide bonds. The molecule has 0 aliphatic heterocycles. The molecular weight excluding hydrogens is 250 g/mol. The average Bonchev–Trinajstić information content (AvgIpc) is 2.39. The topological polar surface area (TPSA) is 26.3 Å². The second-order valence-corrected chi connectivity index (χ2v) is 4.04. The van der Waals surface area contributed by atoms with Crippen LogP contribution in [0.15, 0.2) is 48.5 Å². The predicted octanol–water partition coefficient (Wildman–Crippen LogP) is 3.16. The van der Waals surface area contributed by atoms with Crippen molar-refractivity contribution in [3.63, 3.8) is 0 Å². The first-order valence-corrected chi connectivity index (χ1v) is 5.79. The molecule has 4 heteroatoms. The maximum atomic E-state index is 13.3. The van der Waals surface area contributed by atoms with Crippen LogP contribution in [0.4, 0.5) is 8.78 Å². The molecule has 0 spiro atoms. The number of para-hydroxylation sites is 1. The van der Waals surface area contributed by atoms with E-state index in [4.69, 9.17) is 4.74 Å². The Hall–Kier alpha value is -2.23. The Bertz CT molecular complexity index is 547. The molecule has 19 heavy (non-hydrogen) atoms. The van der Waals surface area contributed by atoms with Crippen molar-refractivity contribution in [2.75, 3.05) is 6.61 Å². The summed E-state index contributed by atoms with van der Waals surface area (Å²) in [6.45, 7) is -0.354. The van der Waals surface area contributed by atoms with Crippen LogP contribution in [0.2, 0.25) is 0 Å². The molecule has 2 nitrogen and oxygen atoms in total. The lowest BCUT2D eigenvalue weighted by Crippen LogP contribution is -2.15. The summed E-state index contributed by atoms with van der Waals surface area (Å²) in [5, 5.41) is 0. The van der Waals surface area contributed by atoms with Crippen molar-refractivity contribution in [2.45, 2.75) is 6.42 Å². The van der Waals surface area contributed by atoms with E-state index in [0.717, 1.165) is 17.7 Å². The van der Waals surface area contributed by atoms with Crippen molar-refractivity contribution < 1.29 is 18.3 Å². The molecule has 0 atom stereocenters. The van der Waals surface area contributed by atoms with Gasteiger partial charge in [0.2, 0.25) is 0 Å². The van der Waals surface area contributed by atoms with E-state index in [1.165, 1.54) is 6.07 Å². The lowest BCUT2D eigenvalue weighted by Gasteiger charge is -2.07. The summed E-state index contributed by atoms with van der Waals surface area (Å²) in [7, 11) is 0. The fourth-order valence-corrected chi connectivity index (χ4v) is 1.65. The van der Waals surface area contributed by atoms with Gasteiger partial charge in [0.05, 0.1) is 0 Å². The van der Waals surface area contributed by atoms with Crippen LogP contribution in [0.1, 0.15) is 5.56 Å². The molecule has 0 N–H and O–H groups in total. The number of ether oxygens (including phenoxy) is 1. The van der Waals surface area contributed by atoms with Gasteiger partial charge in [-0.15, -0.1) is 0 Å². The fraction of sp³-hybridized carbons (Fsp3) is 0.133. The van der Waals surface area contributed by atoms with E-state index in [0.29, 0.717) is 0 Å². The molecule has 0 saturated carbocycles. The summed E-state index contributed by atoms with van der Waals surface area (Å²) >= 11 is 0. The highest BCUT2D eigenvalue weighted by molar-refractivity contribution is 5.82. The summed E-state index contributed by atoms with van der Waals surface area (Å²) in [4.78, 5) is 11.6. The molecule has 0 aliphatic rings. The fourth-order valence-electron chi connectivity index (χ4n) is 1.65. The first kappa shape index (κ1) is 13.2. The van der Waals surface area contributed by atoms with Crippen molar-refractivity contribution in [3.05, 3.63) is 65.7 Å². The molecule has 0 bridgehead atoms. The average molecular weight is 262 g/mol. The summed E-state index contributed by atoms with van der Waals surface area (Å²) in [5.74, 6) is -2.38. The Morgan fingerprint density at radius 2 is 1.58 bits per heavy atom. The quantitative estimate of drug-likeness (QED) is 0.827. The Kier molecular flexibility index (Phi) is 4.23. The predicted molar refractivity (Wildman–Crippen MR) is 67.0 cm³/mol. The maximum absolute atomic E-state index is 13.3. The highest BCUT2D eigenvalue weighted by Crippen LogP contribution is 2.20. The van der Waals surface area contributed by atoms with Crippen molar-refractivity contribution in [3.8, 4) is 5.75 Å². The van der Waals surface area contributed by atoms with Gasteiger partial charge in [-0.1, -0.05) is 36.4 Å². The third kappa shape index (κ3) is 3.61. The third-order valence-electron chi connectivity index (χ3n) is 2.54. The van der Waals surface area contributed by atoms with Gasteiger partial charge in [-0.2, -0.15) is 0 Å². The lowest BCUT2D eigenvalue weighted by molar-refractivity contribution is -0.120. The second kappa shape index (κ2) is 6.09. The van der Waals surface area contributed by atoms with Crippen LogP contribution in [-0.4, -0.2) is 12.4 Å². The number of hydrogen-bond donors (Lipinski definition) is 0. The molecular formula is C15H12F2O2. The van der Waals surface area contributed by atoms with Gasteiger partial charge < -0.3 is 4.74 Å². The lowest BCUT2D eigenvalue weighted by atomic mass is 10.1. The summed E-state index contributed by atoms with van der Waals surface area (Å²) < 4.78 is 31.4. The SMILES string of the molecule is O=C(COc1c(F)cccc1F)Cc1ccccc1. The van der Waals surface area contributed by atoms with Crippen molar-refractivity contribution >= 4 is 5.78 Å². The summed E-state index contributed by atoms with van der Waals surface area (Å²) in [6, 6.07) is 12.5. The minimum atomic E-state index is -0.812. The number of carbonyl (C=O) groups is 1. The molecule has 0 fully saturated rings. The molecule has 98 valence electrons. The highest BCUT2D eigenvalue weighted by atomic mass is 19.1. The van der Waals surface area contributed by atoms with E-state index in [1.54, 1.807) is 0 Å². The van der Waals surface area contributed by atoms with E-state index in [-0.39, 0.29) is 18.8 Å². The van der Waals surface area contributed by atoms with E-state index < -0.39 is 17.4 Å². The first-order chi connectivity index (χ1) is 9.16. The Labute approximate surface area is 109 Å². The smallest absolute Gasteiger partial charge is 0.191 e. The van der Waals surface area contributed by atoms with Crippen molar-refractivity contribution in [2.24, 2.45) is 0 Å². The van der Waals surface area contributed by atoms with E-state index in [2.05, 4.69) is 0 Å². The van der Waals surface area contributed by atoms with Gasteiger partial charge in [-0.25, -0.2) is 8.78 Å². The zero-order valence-electron chi connectivity index (χ0n) is 10.1. The largest absolute Gasteiger partial charge is 0.480 e. The summed E-state index contributed by atoms with van der Waals surface area (Å²) in [6.07, 6.45) is 0.177. The van der Waals surface area contributed by atoms with Crippen LogP contribution in [-0.2, 0) is 11.2 Å². The molecule has 2 rings (SSSR count). The van der Waals surface area contributed by atoms with Gasteiger partial charge in [0, 0.05) is 6.42 Å². The molecule has 0 heterocycles. The second-order valence-electron chi connectivity index (χ2n) is 4.04. The van der Waals surface area contributed by atoms with Gasteiger partial charge in [0.1, 0.15) is 6.61 Å². The minimum Gasteiger partial charge on any atom is -0.480 e. The molecule has 0 aliphatic carbocycles. The van der Waals surface area contributed by atoms with Crippen LogP contribution < -0.4 is 4.74 Å². The van der Waals surface area contributed by atoms with Gasteiger partial charge in [-0.05, 0) is 17.7 Å². The van der Waals surface area contributed by atoms with Crippen LogP contribution in [0, 0.1) is 11.6 Å². The van der Waals surface area contributed by atoms with Crippen LogP contribution in [0.5, 0.6) is 5.75 Å². The zero-order valence-corrected chi connectivity index (χ0v) is 10.1. The molecule has 0 aromatic heterocycles. The number of Topliss-reactive ketones (excluding diaryl/α,β-unsaturated/α-hetero) is 1. The first-order valence-electron chi connectivity index (χ1n) is 5.79. The van der Waals surface area contributed by atoms with Crippen molar-refractivity contribution in [1.82, 2.24) is 0 Å². The van der Waals surface area contributed by atoms with Crippen molar-refractivity contribution in [1.29, 1.82) is 0 Å². The number of carbonyl (C=O) groups excluding carboxylic acids is 1. The number of halogens is 2. The number of ketones is 1. The van der Waals surface area contributed by atoms with E-state index in [1.807, 2.05) is 30.3 Å². The number of benzene rings is 2. The normalized spacial score (nSPS) is 10.2. The number of hydrogen-bond acceptors (Lipinski definition) is 2. The van der Waals surface area contributed by atoms with Gasteiger partial charge >= 0.3 is 0 Å². The molecule has 0 radical (unpaired) electrons. The van der Waals surface area contributed by atoms with Crippen LogP contribution >= 0.6 is 0 Å². The highest BCUT2D eigenvalue weighted by Gasteiger charge is 2.12. The van der Waals surface area contributed by atoms with E-state index in [9.17, 15) is 13.6 Å². The maximum Gasteiger partial charge on any atom is 0.191 e. The Morgan fingerprint density at radius 3 is 2.21 bits per heavy atom. The molecule has 2 aromatic carbocycles. The van der Waals surface area contributed by atoms with Gasteiger partial charge in [0.15, 0.2) is 23.2 Å². The van der Waals surface area contributed by atoms with Gasteiger partial charge in [-0.3, -0.25) is 4.79 Å². The molecule has 0 saturated heterocycles. The summed E-state index contributed by atoms with van der Waals surface area (Å²) in [5.41, 5.74) is 0.838. The van der Waals surface area contributed by atoms with Crippen LogP contribution in [0.25, 0.3) is 0 Å². The van der Waals surface area contributed by atoms with Crippen LogP contribution in [0.3, 0.4) is 0 Å². The molecule has 0 unspecified atom stereocenters. The number of rotatable bonds is 5. The van der Waals surface area contributed by atoms with Gasteiger partial charge in [0.25, 0.3) is 0 Å². The zero-order chi connectivity index (χ0) is 13.7. The minimum absolute atomic E-state index is 0.177. The van der Waals surface area contributed by atoms with E-state index >= 15 is 0 Å². The standard InChI is InChI=1S/C15H12F2O2/c16-13-7-4-8-14(17)15(13)19-10-12(18)9-11-5-2-1-3-6-11/h1-8H,9-10H2. The Morgan fingerprint density at radius 1 is 0.947 bits per heavy atom. The third-order valence-corrected chi connectivity index (χ3v) is 2.54. The monoisotopic (exact) mass is 262 g/mol. The Balaban J connectivity index is 1.94.